The highest BCUT2D eigenvalue weighted by Gasteiger charge is 2.69. The SMILES string of the molecule is CC1=C(O)C(=O)CC2(C)C1CCC1(C)C2CC=C2C3CC(C)(C)CCC3C(=O)C(O)C21C. The van der Waals surface area contributed by atoms with Gasteiger partial charge in [-0.05, 0) is 85.0 Å². The number of hydrogen-bond acceptors (Lipinski definition) is 4. The Morgan fingerprint density at radius 2 is 1.69 bits per heavy atom. The van der Waals surface area contributed by atoms with Crippen molar-refractivity contribution in [3.63, 3.8) is 0 Å². The fourth-order valence-electron chi connectivity index (χ4n) is 9.38. The van der Waals surface area contributed by atoms with Gasteiger partial charge in [-0.3, -0.25) is 9.59 Å². The first kappa shape index (κ1) is 22.4. The summed E-state index contributed by atoms with van der Waals surface area (Å²) in [5.74, 6) is 0.395. The van der Waals surface area contributed by atoms with Gasteiger partial charge in [0.2, 0.25) is 0 Å². The molecular weight excluding hydrogens is 400 g/mol. The summed E-state index contributed by atoms with van der Waals surface area (Å²) in [7, 11) is 0. The van der Waals surface area contributed by atoms with Crippen LogP contribution in [0.15, 0.2) is 23.0 Å². The zero-order valence-corrected chi connectivity index (χ0v) is 20.6. The van der Waals surface area contributed by atoms with Crippen LogP contribution in [0.2, 0.25) is 0 Å². The molecule has 0 aliphatic heterocycles. The Hall–Kier alpha value is -1.42. The first-order chi connectivity index (χ1) is 14.8. The van der Waals surface area contributed by atoms with E-state index in [2.05, 4.69) is 40.7 Å². The number of aliphatic hydroxyl groups is 2. The molecule has 4 heteroatoms. The highest BCUT2D eigenvalue weighted by Crippen LogP contribution is 2.72. The first-order valence-corrected chi connectivity index (χ1v) is 12.6. The number of aliphatic hydroxyl groups excluding tert-OH is 2. The Balaban J connectivity index is 1.64. The molecule has 2 N–H and O–H groups in total. The van der Waals surface area contributed by atoms with Crippen molar-refractivity contribution in [1.29, 1.82) is 0 Å². The van der Waals surface area contributed by atoms with E-state index >= 15 is 0 Å². The molecule has 8 atom stereocenters. The summed E-state index contributed by atoms with van der Waals surface area (Å²) in [5.41, 5.74) is 1.23. The monoisotopic (exact) mass is 440 g/mol. The van der Waals surface area contributed by atoms with Gasteiger partial charge in [0, 0.05) is 17.8 Å². The normalized spacial score (nSPS) is 50.1. The van der Waals surface area contributed by atoms with E-state index in [9.17, 15) is 19.8 Å². The van der Waals surface area contributed by atoms with E-state index < -0.39 is 11.5 Å². The molecule has 3 saturated carbocycles. The molecular formula is C28H40O4. The van der Waals surface area contributed by atoms with Crippen molar-refractivity contribution in [3.8, 4) is 0 Å². The van der Waals surface area contributed by atoms with Crippen molar-refractivity contribution in [1.82, 2.24) is 0 Å². The van der Waals surface area contributed by atoms with Crippen molar-refractivity contribution in [2.75, 3.05) is 0 Å². The predicted octanol–water partition coefficient (Wildman–Crippen LogP) is 5.55. The summed E-state index contributed by atoms with van der Waals surface area (Å²) in [5, 5.41) is 22.0. The number of carbonyl (C=O) groups excluding carboxylic acids is 2. The third kappa shape index (κ3) is 2.54. The van der Waals surface area contributed by atoms with Crippen LogP contribution in [-0.2, 0) is 9.59 Å². The Labute approximate surface area is 192 Å². The average Bonchev–Trinajstić information content (AvgIpc) is 2.70. The van der Waals surface area contributed by atoms with Crippen LogP contribution < -0.4 is 0 Å². The van der Waals surface area contributed by atoms with E-state index in [1.807, 2.05) is 6.92 Å². The van der Waals surface area contributed by atoms with E-state index in [4.69, 9.17) is 0 Å². The zero-order chi connectivity index (χ0) is 23.4. The molecule has 5 aliphatic rings. The standard InChI is InChI=1S/C28H40O4/c1-15-18-10-12-27(5)21(26(18,4)14-20(29)22(15)30)8-7-19-17-13-25(2,3)11-9-16(17)23(31)24(32)28(19,27)6/h7,16-18,21,24,30,32H,8-14H2,1-6H3. The molecule has 176 valence electrons. The Morgan fingerprint density at radius 1 is 1.00 bits per heavy atom. The summed E-state index contributed by atoms with van der Waals surface area (Å²) in [6.45, 7) is 13.2. The second-order valence-electron chi connectivity index (χ2n) is 13.2. The summed E-state index contributed by atoms with van der Waals surface area (Å²) < 4.78 is 0. The first-order valence-electron chi connectivity index (χ1n) is 12.6. The van der Waals surface area contributed by atoms with Crippen molar-refractivity contribution < 1.29 is 19.8 Å². The predicted molar refractivity (Wildman–Crippen MR) is 124 cm³/mol. The molecule has 8 unspecified atom stereocenters. The summed E-state index contributed by atoms with van der Waals surface area (Å²) >= 11 is 0. The van der Waals surface area contributed by atoms with Crippen molar-refractivity contribution in [2.45, 2.75) is 92.6 Å². The molecule has 5 aliphatic carbocycles. The van der Waals surface area contributed by atoms with Crippen LogP contribution in [0.3, 0.4) is 0 Å². The van der Waals surface area contributed by atoms with Gasteiger partial charge in [-0.25, -0.2) is 0 Å². The lowest BCUT2D eigenvalue weighted by molar-refractivity contribution is -0.183. The maximum absolute atomic E-state index is 13.6. The number of fused-ring (bicyclic) bond motifs is 7. The maximum Gasteiger partial charge on any atom is 0.197 e. The zero-order valence-electron chi connectivity index (χ0n) is 20.6. The molecule has 0 aromatic carbocycles. The van der Waals surface area contributed by atoms with Crippen molar-refractivity contribution >= 4 is 11.6 Å². The van der Waals surface area contributed by atoms with Crippen LogP contribution >= 0.6 is 0 Å². The molecule has 0 aromatic heterocycles. The lowest BCUT2D eigenvalue weighted by Gasteiger charge is -2.68. The van der Waals surface area contributed by atoms with E-state index in [1.165, 1.54) is 5.57 Å². The number of rotatable bonds is 0. The van der Waals surface area contributed by atoms with Gasteiger partial charge in [0.25, 0.3) is 0 Å². The van der Waals surface area contributed by atoms with E-state index in [-0.39, 0.29) is 57.2 Å². The fraction of sp³-hybridized carbons (Fsp3) is 0.786. The van der Waals surface area contributed by atoms with Gasteiger partial charge in [0.1, 0.15) is 6.10 Å². The number of Topliss-reactive ketones (excluding diaryl/α,β-unsaturated/α-hetero) is 2. The molecule has 32 heavy (non-hydrogen) atoms. The van der Waals surface area contributed by atoms with Crippen molar-refractivity contribution in [3.05, 3.63) is 23.0 Å². The largest absolute Gasteiger partial charge is 0.504 e. The fourth-order valence-corrected chi connectivity index (χ4v) is 9.38. The van der Waals surface area contributed by atoms with Crippen LogP contribution in [0.4, 0.5) is 0 Å². The minimum absolute atomic E-state index is 0.0329. The highest BCUT2D eigenvalue weighted by atomic mass is 16.3. The quantitative estimate of drug-likeness (QED) is 0.484. The molecule has 0 aromatic rings. The van der Waals surface area contributed by atoms with Crippen LogP contribution in [0.5, 0.6) is 0 Å². The highest BCUT2D eigenvalue weighted by molar-refractivity contribution is 5.95. The second kappa shape index (κ2) is 6.58. The molecule has 3 fully saturated rings. The van der Waals surface area contributed by atoms with Gasteiger partial charge in [-0.15, -0.1) is 0 Å². The Bertz CT molecular complexity index is 956. The molecule has 0 amide bonds. The van der Waals surface area contributed by atoms with Crippen LogP contribution in [0.1, 0.15) is 86.5 Å². The topological polar surface area (TPSA) is 74.6 Å². The number of hydrogen-bond donors (Lipinski definition) is 2. The maximum atomic E-state index is 13.6. The van der Waals surface area contributed by atoms with E-state index in [1.54, 1.807) is 0 Å². The number of ketones is 2. The summed E-state index contributed by atoms with van der Waals surface area (Å²) in [6.07, 6.45) is 7.33. The van der Waals surface area contributed by atoms with Crippen molar-refractivity contribution in [2.24, 2.45) is 45.3 Å². The van der Waals surface area contributed by atoms with Crippen LogP contribution in [-0.4, -0.2) is 27.9 Å². The lowest BCUT2D eigenvalue weighted by atomic mass is 9.35. The molecule has 5 rings (SSSR count). The summed E-state index contributed by atoms with van der Waals surface area (Å²) in [6, 6.07) is 0. The van der Waals surface area contributed by atoms with Crippen LogP contribution in [0, 0.1) is 45.3 Å². The molecule has 0 spiro atoms. The third-order valence-corrected chi connectivity index (χ3v) is 11.3. The second-order valence-corrected chi connectivity index (χ2v) is 13.2. The number of carbonyl (C=O) groups is 2. The molecule has 0 bridgehead atoms. The van der Waals surface area contributed by atoms with E-state index in [0.717, 1.165) is 44.1 Å². The van der Waals surface area contributed by atoms with Gasteiger partial charge >= 0.3 is 0 Å². The van der Waals surface area contributed by atoms with Gasteiger partial charge < -0.3 is 10.2 Å². The lowest BCUT2D eigenvalue weighted by Crippen LogP contribution is -2.67. The molecule has 4 nitrogen and oxygen atoms in total. The van der Waals surface area contributed by atoms with Gasteiger partial charge in [0.05, 0.1) is 0 Å². The van der Waals surface area contributed by atoms with Gasteiger partial charge in [0.15, 0.2) is 17.3 Å². The van der Waals surface area contributed by atoms with Gasteiger partial charge in [-0.2, -0.15) is 0 Å². The molecule has 0 radical (unpaired) electrons. The smallest absolute Gasteiger partial charge is 0.197 e. The Kier molecular flexibility index (Phi) is 4.60. The minimum Gasteiger partial charge on any atom is -0.504 e. The Morgan fingerprint density at radius 3 is 2.38 bits per heavy atom. The number of allylic oxidation sites excluding steroid dienone is 3. The summed E-state index contributed by atoms with van der Waals surface area (Å²) in [4.78, 5) is 26.3. The van der Waals surface area contributed by atoms with E-state index in [0.29, 0.717) is 6.42 Å². The third-order valence-electron chi connectivity index (χ3n) is 11.3. The molecule has 0 heterocycles. The average molecular weight is 441 g/mol. The van der Waals surface area contributed by atoms with Crippen LogP contribution in [0.25, 0.3) is 0 Å². The molecule has 0 saturated heterocycles. The van der Waals surface area contributed by atoms with Gasteiger partial charge in [-0.1, -0.05) is 46.3 Å². The minimum atomic E-state index is -0.978.